The predicted molar refractivity (Wildman–Crippen MR) is 113 cm³/mol. The Kier molecular flexibility index (Phi) is 5.81. The van der Waals surface area contributed by atoms with E-state index >= 15 is 0 Å². The molecule has 0 aromatic carbocycles. The quantitative estimate of drug-likeness (QED) is 0.582. The molecule has 1 aliphatic rings. The molecule has 3 aromatic heterocycles. The van der Waals surface area contributed by atoms with Gasteiger partial charge >= 0.3 is 0 Å². The zero-order valence-corrected chi connectivity index (χ0v) is 18.6. The molecule has 1 saturated heterocycles. The van der Waals surface area contributed by atoms with E-state index in [0.717, 1.165) is 6.26 Å². The number of sulfonamides is 1. The second-order valence-electron chi connectivity index (χ2n) is 8.23. The van der Waals surface area contributed by atoms with Crippen molar-refractivity contribution in [1.82, 2.24) is 29.3 Å². The Bertz CT molecular complexity index is 1230. The van der Waals surface area contributed by atoms with Crippen molar-refractivity contribution in [2.45, 2.75) is 32.0 Å². The minimum absolute atomic E-state index is 0.129. The van der Waals surface area contributed by atoms with Crippen LogP contribution in [0.5, 0.6) is 0 Å². The standard InChI is InChI=1S/C19H23F2N7O3S/c1-19(2)10-27(9-12(31-19)7-25-32(3,29)30)17-6-14(23-11-24-17)15-8-22-16-5-4-13(18(20)21)26-28(15)16/h4-6,8,11-12,18,25H,7,9-10H2,1-3H3/t12-/m0/s1. The monoisotopic (exact) mass is 467 g/mol. The fraction of sp³-hybridized carbons (Fsp3) is 0.474. The highest BCUT2D eigenvalue weighted by Crippen LogP contribution is 2.28. The number of anilines is 1. The lowest BCUT2D eigenvalue weighted by molar-refractivity contribution is -0.0802. The van der Waals surface area contributed by atoms with Crippen LogP contribution < -0.4 is 9.62 Å². The van der Waals surface area contributed by atoms with Crippen LogP contribution in [0.2, 0.25) is 0 Å². The maximum atomic E-state index is 13.1. The molecule has 0 amide bonds. The Morgan fingerprint density at radius 3 is 2.78 bits per heavy atom. The number of aromatic nitrogens is 5. The Labute approximate surface area is 183 Å². The highest BCUT2D eigenvalue weighted by Gasteiger charge is 2.34. The molecule has 13 heteroatoms. The first-order chi connectivity index (χ1) is 15.0. The molecule has 0 spiro atoms. The summed E-state index contributed by atoms with van der Waals surface area (Å²) in [4.78, 5) is 14.8. The number of morpholine rings is 1. The second kappa shape index (κ2) is 8.30. The average molecular weight is 468 g/mol. The molecular weight excluding hydrogens is 444 g/mol. The van der Waals surface area contributed by atoms with Crippen molar-refractivity contribution < 1.29 is 21.9 Å². The molecule has 4 rings (SSSR count). The number of nitrogens with one attached hydrogen (secondary N) is 1. The molecule has 1 N–H and O–H groups in total. The molecule has 3 aromatic rings. The minimum atomic E-state index is -3.35. The molecule has 1 atom stereocenters. The largest absolute Gasteiger partial charge is 0.367 e. The number of fused-ring (bicyclic) bond motifs is 1. The predicted octanol–water partition coefficient (Wildman–Crippen LogP) is 1.66. The molecule has 0 bridgehead atoms. The Morgan fingerprint density at radius 2 is 2.06 bits per heavy atom. The summed E-state index contributed by atoms with van der Waals surface area (Å²) < 4.78 is 59.0. The van der Waals surface area contributed by atoms with Crippen LogP contribution in [-0.2, 0) is 14.8 Å². The van der Waals surface area contributed by atoms with Gasteiger partial charge in [0, 0.05) is 25.7 Å². The molecule has 172 valence electrons. The molecule has 1 fully saturated rings. The van der Waals surface area contributed by atoms with Crippen molar-refractivity contribution in [1.29, 1.82) is 0 Å². The number of hydrogen-bond acceptors (Lipinski definition) is 8. The van der Waals surface area contributed by atoms with Crippen LogP contribution in [0.1, 0.15) is 26.0 Å². The van der Waals surface area contributed by atoms with E-state index < -0.39 is 28.2 Å². The van der Waals surface area contributed by atoms with Crippen LogP contribution in [0.15, 0.2) is 30.7 Å². The van der Waals surface area contributed by atoms with Gasteiger partial charge in [-0.2, -0.15) is 5.10 Å². The van der Waals surface area contributed by atoms with Gasteiger partial charge in [0.2, 0.25) is 10.0 Å². The fourth-order valence-electron chi connectivity index (χ4n) is 3.66. The third-order valence-corrected chi connectivity index (χ3v) is 5.59. The molecule has 1 aliphatic heterocycles. The van der Waals surface area contributed by atoms with Crippen LogP contribution in [0.3, 0.4) is 0 Å². The van der Waals surface area contributed by atoms with E-state index in [-0.39, 0.29) is 12.2 Å². The van der Waals surface area contributed by atoms with Crippen LogP contribution in [0, 0.1) is 0 Å². The van der Waals surface area contributed by atoms with Gasteiger partial charge in [-0.25, -0.2) is 41.4 Å². The summed E-state index contributed by atoms with van der Waals surface area (Å²) in [5.74, 6) is 0.593. The minimum Gasteiger partial charge on any atom is -0.367 e. The van der Waals surface area contributed by atoms with E-state index in [0.29, 0.717) is 35.9 Å². The van der Waals surface area contributed by atoms with E-state index in [1.54, 1.807) is 6.07 Å². The highest BCUT2D eigenvalue weighted by atomic mass is 32.2. The number of imidazole rings is 1. The van der Waals surface area contributed by atoms with E-state index in [9.17, 15) is 17.2 Å². The summed E-state index contributed by atoms with van der Waals surface area (Å²) in [5.41, 5.74) is 0.432. The van der Waals surface area contributed by atoms with E-state index in [4.69, 9.17) is 4.74 Å². The number of hydrogen-bond donors (Lipinski definition) is 1. The van der Waals surface area contributed by atoms with Gasteiger partial charge in [0.15, 0.2) is 5.65 Å². The van der Waals surface area contributed by atoms with Crippen molar-refractivity contribution in [3.05, 3.63) is 36.4 Å². The number of nitrogens with zero attached hydrogens (tertiary/aromatic N) is 6. The summed E-state index contributed by atoms with van der Waals surface area (Å²) in [6.07, 6.45) is 0.902. The van der Waals surface area contributed by atoms with Gasteiger partial charge in [0.25, 0.3) is 6.43 Å². The molecule has 0 unspecified atom stereocenters. The average Bonchev–Trinajstić information content (AvgIpc) is 3.14. The van der Waals surface area contributed by atoms with Crippen molar-refractivity contribution >= 4 is 21.5 Å². The molecule has 0 radical (unpaired) electrons. The van der Waals surface area contributed by atoms with Crippen molar-refractivity contribution in [2.24, 2.45) is 0 Å². The van der Waals surface area contributed by atoms with E-state index in [1.807, 2.05) is 18.7 Å². The third kappa shape index (κ3) is 5.00. The zero-order valence-electron chi connectivity index (χ0n) is 17.7. The first kappa shape index (κ1) is 22.4. The van der Waals surface area contributed by atoms with Gasteiger partial charge in [-0.1, -0.05) is 0 Å². The maximum absolute atomic E-state index is 13.1. The summed E-state index contributed by atoms with van der Waals surface area (Å²) in [6, 6.07) is 4.44. The Hall–Kier alpha value is -2.77. The third-order valence-electron chi connectivity index (χ3n) is 4.90. The number of ether oxygens (including phenoxy) is 1. The van der Waals surface area contributed by atoms with Crippen molar-refractivity contribution in [2.75, 3.05) is 30.8 Å². The lowest BCUT2D eigenvalue weighted by atomic mass is 10.1. The second-order valence-corrected chi connectivity index (χ2v) is 10.1. The lowest BCUT2D eigenvalue weighted by Gasteiger charge is -2.43. The summed E-state index contributed by atoms with van der Waals surface area (Å²) in [6.45, 7) is 4.87. The van der Waals surface area contributed by atoms with E-state index in [2.05, 4.69) is 24.8 Å². The number of halogens is 2. The molecule has 4 heterocycles. The fourth-order valence-corrected chi connectivity index (χ4v) is 4.15. The zero-order chi connectivity index (χ0) is 23.1. The van der Waals surface area contributed by atoms with Gasteiger partial charge in [-0.15, -0.1) is 0 Å². The van der Waals surface area contributed by atoms with Crippen LogP contribution in [0.4, 0.5) is 14.6 Å². The first-order valence-corrected chi connectivity index (χ1v) is 11.7. The normalized spacial score (nSPS) is 19.1. The van der Waals surface area contributed by atoms with Crippen molar-refractivity contribution in [3.8, 4) is 11.4 Å². The number of rotatable bonds is 6. The van der Waals surface area contributed by atoms with Gasteiger partial charge < -0.3 is 9.64 Å². The SMILES string of the molecule is CC1(C)CN(c2cc(-c3cnc4ccc(C(F)F)nn34)ncn2)C[C@H](CNS(C)(=O)=O)O1. The number of alkyl halides is 2. The van der Waals surface area contributed by atoms with Gasteiger partial charge in [-0.3, -0.25) is 0 Å². The van der Waals surface area contributed by atoms with Gasteiger partial charge in [0.05, 0.1) is 29.9 Å². The van der Waals surface area contributed by atoms with Gasteiger partial charge in [-0.05, 0) is 26.0 Å². The Morgan fingerprint density at radius 1 is 1.28 bits per heavy atom. The molecule has 32 heavy (non-hydrogen) atoms. The molecule has 10 nitrogen and oxygen atoms in total. The summed E-state index contributed by atoms with van der Waals surface area (Å²) in [7, 11) is -3.35. The van der Waals surface area contributed by atoms with E-state index in [1.165, 1.54) is 29.2 Å². The van der Waals surface area contributed by atoms with Crippen LogP contribution in [0.25, 0.3) is 17.0 Å². The smallest absolute Gasteiger partial charge is 0.282 e. The lowest BCUT2D eigenvalue weighted by Crippen LogP contribution is -2.56. The molecular formula is C19H23F2N7O3S. The summed E-state index contributed by atoms with van der Waals surface area (Å²) in [5, 5.41) is 3.98. The summed E-state index contributed by atoms with van der Waals surface area (Å²) >= 11 is 0. The highest BCUT2D eigenvalue weighted by molar-refractivity contribution is 7.88. The first-order valence-electron chi connectivity index (χ1n) is 9.83. The topological polar surface area (TPSA) is 115 Å². The Balaban J connectivity index is 1.64. The molecule has 0 saturated carbocycles. The van der Waals surface area contributed by atoms with Crippen LogP contribution in [-0.4, -0.2) is 70.6 Å². The van der Waals surface area contributed by atoms with Crippen LogP contribution >= 0.6 is 0 Å². The maximum Gasteiger partial charge on any atom is 0.282 e. The molecule has 0 aliphatic carbocycles. The van der Waals surface area contributed by atoms with Gasteiger partial charge in [0.1, 0.15) is 23.5 Å². The van der Waals surface area contributed by atoms with Crippen molar-refractivity contribution in [3.63, 3.8) is 0 Å².